The Kier molecular flexibility index (Phi) is 4.40. The van der Waals surface area contributed by atoms with Crippen molar-refractivity contribution in [1.82, 2.24) is 10.3 Å². The van der Waals surface area contributed by atoms with Gasteiger partial charge in [-0.25, -0.2) is 0 Å². The van der Waals surface area contributed by atoms with Gasteiger partial charge >= 0.3 is 0 Å². The summed E-state index contributed by atoms with van der Waals surface area (Å²) in [6, 6.07) is 5.91. The van der Waals surface area contributed by atoms with Crippen molar-refractivity contribution in [1.29, 1.82) is 0 Å². The van der Waals surface area contributed by atoms with Gasteiger partial charge in [-0.2, -0.15) is 0 Å². The number of hydrogen-bond acceptors (Lipinski definition) is 3. The first-order valence-corrected chi connectivity index (χ1v) is 6.87. The van der Waals surface area contributed by atoms with Crippen molar-refractivity contribution >= 4 is 34.5 Å². The highest BCUT2D eigenvalue weighted by Crippen LogP contribution is 2.37. The molecule has 2 heterocycles. The maximum Gasteiger partial charge on any atom is 0.0995 e. The molecule has 0 aliphatic rings. The van der Waals surface area contributed by atoms with Crippen molar-refractivity contribution in [3.8, 4) is 0 Å². The molecular weight excluding hydrogens is 275 g/mol. The minimum absolute atomic E-state index is 0.0462. The molecule has 0 aliphatic heterocycles. The summed E-state index contributed by atoms with van der Waals surface area (Å²) in [4.78, 5) is 4.14. The van der Waals surface area contributed by atoms with Gasteiger partial charge in [-0.3, -0.25) is 4.98 Å². The Hall–Kier alpha value is -0.610. The van der Waals surface area contributed by atoms with Crippen LogP contribution in [0.2, 0.25) is 8.67 Å². The molecule has 2 nitrogen and oxygen atoms in total. The number of thiophene rings is 1. The molecule has 0 saturated heterocycles. The lowest BCUT2D eigenvalue weighted by atomic mass is 10.0. The Labute approximate surface area is 115 Å². The van der Waals surface area contributed by atoms with E-state index in [0.717, 1.165) is 22.0 Å². The molecule has 2 rings (SSSR count). The summed E-state index contributed by atoms with van der Waals surface area (Å²) in [5.74, 6) is 0. The Morgan fingerprint density at radius 2 is 2.29 bits per heavy atom. The lowest BCUT2D eigenvalue weighted by molar-refractivity contribution is 0.630. The van der Waals surface area contributed by atoms with Gasteiger partial charge in [0.15, 0.2) is 0 Å². The third-order valence-corrected chi connectivity index (χ3v) is 3.94. The van der Waals surface area contributed by atoms with Gasteiger partial charge in [0.05, 0.1) is 14.7 Å². The lowest BCUT2D eigenvalue weighted by Crippen LogP contribution is -2.21. The molecule has 2 aromatic rings. The zero-order valence-corrected chi connectivity index (χ0v) is 11.6. The van der Waals surface area contributed by atoms with Crippen LogP contribution in [0.15, 0.2) is 30.6 Å². The van der Waals surface area contributed by atoms with Crippen molar-refractivity contribution in [3.05, 3.63) is 50.4 Å². The number of nitrogens with zero attached hydrogens (tertiary/aromatic N) is 1. The van der Waals surface area contributed by atoms with Gasteiger partial charge in [0, 0.05) is 18.0 Å². The molecule has 0 fully saturated rings. The molecule has 0 aromatic carbocycles. The van der Waals surface area contributed by atoms with E-state index in [1.807, 2.05) is 24.4 Å². The van der Waals surface area contributed by atoms with E-state index in [-0.39, 0.29) is 6.04 Å². The van der Waals surface area contributed by atoms with Crippen molar-refractivity contribution in [2.45, 2.75) is 13.0 Å². The molecule has 17 heavy (non-hydrogen) atoms. The zero-order valence-electron chi connectivity index (χ0n) is 9.28. The molecule has 0 radical (unpaired) electrons. The Morgan fingerprint density at radius 1 is 1.47 bits per heavy atom. The van der Waals surface area contributed by atoms with Crippen LogP contribution in [0.4, 0.5) is 0 Å². The number of rotatable bonds is 4. The van der Waals surface area contributed by atoms with Crippen LogP contribution in [0.5, 0.6) is 0 Å². The van der Waals surface area contributed by atoms with E-state index >= 15 is 0 Å². The van der Waals surface area contributed by atoms with Crippen LogP contribution < -0.4 is 5.32 Å². The molecule has 1 atom stereocenters. The number of pyridine rings is 1. The van der Waals surface area contributed by atoms with Gasteiger partial charge in [0.25, 0.3) is 0 Å². The smallest absolute Gasteiger partial charge is 0.0995 e. The highest BCUT2D eigenvalue weighted by Gasteiger charge is 2.18. The second-order valence-electron chi connectivity index (χ2n) is 3.56. The number of halogens is 2. The molecule has 0 bridgehead atoms. The average Bonchev–Trinajstić information content (AvgIpc) is 2.66. The van der Waals surface area contributed by atoms with E-state index in [1.54, 1.807) is 6.20 Å². The first kappa shape index (κ1) is 12.8. The number of aromatic nitrogens is 1. The molecule has 0 saturated carbocycles. The van der Waals surface area contributed by atoms with E-state index in [2.05, 4.69) is 17.2 Å². The first-order valence-electron chi connectivity index (χ1n) is 5.30. The van der Waals surface area contributed by atoms with Gasteiger partial charge < -0.3 is 5.32 Å². The van der Waals surface area contributed by atoms with E-state index < -0.39 is 0 Å². The fourth-order valence-electron chi connectivity index (χ4n) is 1.71. The molecular formula is C12H12Cl2N2S. The van der Waals surface area contributed by atoms with E-state index in [9.17, 15) is 0 Å². The third-order valence-electron chi connectivity index (χ3n) is 2.42. The van der Waals surface area contributed by atoms with Crippen LogP contribution in [0.25, 0.3) is 0 Å². The number of nitrogens with one attached hydrogen (secondary N) is 1. The normalized spacial score (nSPS) is 12.6. The largest absolute Gasteiger partial charge is 0.306 e. The Bertz CT molecular complexity index is 485. The standard InChI is InChI=1S/C12H12Cl2N2S/c1-2-16-11(8-4-3-5-15-7-8)9-6-10(13)17-12(9)14/h3-7,11,16H,2H2,1H3. The summed E-state index contributed by atoms with van der Waals surface area (Å²) in [5, 5.41) is 3.39. The van der Waals surface area contributed by atoms with Crippen LogP contribution in [0.1, 0.15) is 24.1 Å². The van der Waals surface area contributed by atoms with Crippen molar-refractivity contribution in [2.75, 3.05) is 6.54 Å². The first-order chi connectivity index (χ1) is 8.22. The molecule has 0 aliphatic carbocycles. The van der Waals surface area contributed by atoms with Crippen molar-refractivity contribution in [2.24, 2.45) is 0 Å². The molecule has 1 N–H and O–H groups in total. The van der Waals surface area contributed by atoms with E-state index in [0.29, 0.717) is 4.34 Å². The van der Waals surface area contributed by atoms with Crippen molar-refractivity contribution in [3.63, 3.8) is 0 Å². The van der Waals surface area contributed by atoms with E-state index in [1.165, 1.54) is 11.3 Å². The van der Waals surface area contributed by atoms with Crippen LogP contribution >= 0.6 is 34.5 Å². The van der Waals surface area contributed by atoms with Gasteiger partial charge in [0.1, 0.15) is 0 Å². The minimum Gasteiger partial charge on any atom is -0.306 e. The number of hydrogen-bond donors (Lipinski definition) is 1. The summed E-state index contributed by atoms with van der Waals surface area (Å²) in [6.07, 6.45) is 3.60. The fourth-order valence-corrected chi connectivity index (χ4v) is 3.24. The third kappa shape index (κ3) is 2.99. The molecule has 90 valence electrons. The average molecular weight is 287 g/mol. The SMILES string of the molecule is CCNC(c1cccnc1)c1cc(Cl)sc1Cl. The van der Waals surface area contributed by atoms with Crippen LogP contribution in [0.3, 0.4) is 0 Å². The summed E-state index contributed by atoms with van der Waals surface area (Å²) in [5.41, 5.74) is 2.10. The van der Waals surface area contributed by atoms with Crippen LogP contribution in [0, 0.1) is 0 Å². The fraction of sp³-hybridized carbons (Fsp3) is 0.250. The highest BCUT2D eigenvalue weighted by molar-refractivity contribution is 7.20. The summed E-state index contributed by atoms with van der Waals surface area (Å²) in [6.45, 7) is 2.91. The minimum atomic E-state index is 0.0462. The van der Waals surface area contributed by atoms with Gasteiger partial charge in [0.2, 0.25) is 0 Å². The van der Waals surface area contributed by atoms with Gasteiger partial charge in [-0.15, -0.1) is 11.3 Å². The predicted molar refractivity (Wildman–Crippen MR) is 74.1 cm³/mol. The predicted octanol–water partition coefficient (Wildman–Crippen LogP) is 4.15. The monoisotopic (exact) mass is 286 g/mol. The maximum atomic E-state index is 6.20. The summed E-state index contributed by atoms with van der Waals surface area (Å²) >= 11 is 13.6. The molecule has 0 amide bonds. The lowest BCUT2D eigenvalue weighted by Gasteiger charge is -2.17. The second kappa shape index (κ2) is 5.83. The Morgan fingerprint density at radius 3 is 2.82 bits per heavy atom. The second-order valence-corrected chi connectivity index (χ2v) is 5.84. The van der Waals surface area contributed by atoms with Gasteiger partial charge in [-0.05, 0) is 24.2 Å². The van der Waals surface area contributed by atoms with Crippen LogP contribution in [-0.2, 0) is 0 Å². The Balaban J connectivity index is 2.39. The summed E-state index contributed by atoms with van der Waals surface area (Å²) in [7, 11) is 0. The maximum absolute atomic E-state index is 6.20. The quantitative estimate of drug-likeness (QED) is 0.913. The topological polar surface area (TPSA) is 24.9 Å². The molecule has 5 heteroatoms. The van der Waals surface area contributed by atoms with Gasteiger partial charge in [-0.1, -0.05) is 36.2 Å². The van der Waals surface area contributed by atoms with Crippen LogP contribution in [-0.4, -0.2) is 11.5 Å². The highest BCUT2D eigenvalue weighted by atomic mass is 35.5. The molecule has 1 unspecified atom stereocenters. The zero-order chi connectivity index (χ0) is 12.3. The molecule has 0 spiro atoms. The van der Waals surface area contributed by atoms with Crippen molar-refractivity contribution < 1.29 is 0 Å². The summed E-state index contributed by atoms with van der Waals surface area (Å²) < 4.78 is 1.43. The molecule has 2 aromatic heterocycles. The van der Waals surface area contributed by atoms with E-state index in [4.69, 9.17) is 23.2 Å².